The molecular formula is C83H156O17P2. The van der Waals surface area contributed by atoms with Crippen molar-refractivity contribution in [3.05, 3.63) is 36.5 Å². The predicted octanol–water partition coefficient (Wildman–Crippen LogP) is 24.7. The third-order valence-corrected chi connectivity index (χ3v) is 20.5. The number of hydrogen-bond donors (Lipinski definition) is 3. The molecule has 0 saturated carbocycles. The third-order valence-electron chi connectivity index (χ3n) is 18.6. The van der Waals surface area contributed by atoms with Gasteiger partial charge < -0.3 is 33.8 Å². The van der Waals surface area contributed by atoms with E-state index >= 15 is 0 Å². The van der Waals surface area contributed by atoms with Crippen molar-refractivity contribution in [2.24, 2.45) is 0 Å². The molecule has 0 amide bonds. The van der Waals surface area contributed by atoms with Crippen molar-refractivity contribution in [3.63, 3.8) is 0 Å². The molecule has 0 rings (SSSR count). The summed E-state index contributed by atoms with van der Waals surface area (Å²) in [4.78, 5) is 73.1. The third kappa shape index (κ3) is 75.5. The van der Waals surface area contributed by atoms with Crippen LogP contribution in [0.3, 0.4) is 0 Å². The van der Waals surface area contributed by atoms with Crippen LogP contribution in [0.15, 0.2) is 36.5 Å². The number of allylic oxidation sites excluding steroid dienone is 6. The zero-order chi connectivity index (χ0) is 74.6. The molecule has 0 spiro atoms. The maximum atomic E-state index is 13.1. The Hall–Kier alpha value is -2.72. The van der Waals surface area contributed by atoms with Gasteiger partial charge in [0.05, 0.1) is 26.4 Å². The summed E-state index contributed by atoms with van der Waals surface area (Å²) in [7, 11) is -9.94. The number of hydrogen-bond acceptors (Lipinski definition) is 15. The number of carbonyl (C=O) groups excluding carboxylic acids is 4. The summed E-state index contributed by atoms with van der Waals surface area (Å²) >= 11 is 0. The van der Waals surface area contributed by atoms with Gasteiger partial charge in [0.2, 0.25) is 0 Å². The van der Waals surface area contributed by atoms with Gasteiger partial charge in [0, 0.05) is 25.7 Å². The molecule has 0 saturated heterocycles. The lowest BCUT2D eigenvalue weighted by atomic mass is 10.0. The smallest absolute Gasteiger partial charge is 0.462 e. The first kappa shape index (κ1) is 99.3. The van der Waals surface area contributed by atoms with Crippen molar-refractivity contribution in [2.45, 2.75) is 431 Å². The van der Waals surface area contributed by atoms with Crippen molar-refractivity contribution in [3.8, 4) is 0 Å². The largest absolute Gasteiger partial charge is 0.472 e. The van der Waals surface area contributed by atoms with Crippen LogP contribution < -0.4 is 0 Å². The Morgan fingerprint density at radius 1 is 0.265 bits per heavy atom. The Bertz CT molecular complexity index is 2070. The van der Waals surface area contributed by atoms with E-state index in [2.05, 4.69) is 64.2 Å². The van der Waals surface area contributed by atoms with Gasteiger partial charge in [-0.3, -0.25) is 37.3 Å². The van der Waals surface area contributed by atoms with Gasteiger partial charge in [0.15, 0.2) is 12.2 Å². The van der Waals surface area contributed by atoms with Crippen molar-refractivity contribution < 1.29 is 80.2 Å². The zero-order valence-corrected chi connectivity index (χ0v) is 67.6. The van der Waals surface area contributed by atoms with E-state index in [0.717, 1.165) is 141 Å². The minimum absolute atomic E-state index is 0.0899. The molecule has 0 aliphatic rings. The van der Waals surface area contributed by atoms with Crippen molar-refractivity contribution in [1.82, 2.24) is 0 Å². The molecule has 3 N–H and O–H groups in total. The summed E-state index contributed by atoms with van der Waals surface area (Å²) in [5.41, 5.74) is 0. The van der Waals surface area contributed by atoms with Gasteiger partial charge in [0.1, 0.15) is 19.3 Å². The summed E-state index contributed by atoms with van der Waals surface area (Å²) < 4.78 is 68.8. The van der Waals surface area contributed by atoms with Crippen LogP contribution in [-0.2, 0) is 65.4 Å². The second kappa shape index (κ2) is 76.5. The number of rotatable bonds is 81. The molecule has 19 heteroatoms. The Labute approximate surface area is 624 Å². The number of phosphoric acid groups is 2. The van der Waals surface area contributed by atoms with Gasteiger partial charge in [0.25, 0.3) is 0 Å². The maximum absolute atomic E-state index is 13.1. The van der Waals surface area contributed by atoms with Gasteiger partial charge in [-0.2, -0.15) is 0 Å². The van der Waals surface area contributed by atoms with Gasteiger partial charge in [-0.25, -0.2) is 9.13 Å². The molecule has 0 aromatic carbocycles. The molecule has 0 aliphatic heterocycles. The molecule has 0 aromatic heterocycles. The first-order chi connectivity index (χ1) is 49.7. The lowest BCUT2D eigenvalue weighted by molar-refractivity contribution is -0.161. The molecule has 17 nitrogen and oxygen atoms in total. The summed E-state index contributed by atoms with van der Waals surface area (Å²) in [5, 5.41) is 10.7. The van der Waals surface area contributed by atoms with E-state index in [4.69, 9.17) is 37.0 Å². The molecule has 102 heavy (non-hydrogen) atoms. The summed E-state index contributed by atoms with van der Waals surface area (Å²) in [5.74, 6) is -2.15. The SMILES string of the molecule is CCCCCCCC/C=C\CCCCCCCC(=O)OC[C@H](COP(=O)(O)OC[C@@H](O)COP(=O)(O)OC[C@@H](COC(=O)CCCCCCC/C=C\CCCCCCCC)OC(=O)CCCCCCCCCCCCCCCCCCC)OC(=O)CCCCCCC/C=C\CCCCCCCC. The normalized spacial score (nSPS) is 14.0. The first-order valence-electron chi connectivity index (χ1n) is 42.2. The van der Waals surface area contributed by atoms with Crippen LogP contribution in [0.2, 0.25) is 0 Å². The predicted molar refractivity (Wildman–Crippen MR) is 418 cm³/mol. The Morgan fingerprint density at radius 2 is 0.451 bits per heavy atom. The fourth-order valence-electron chi connectivity index (χ4n) is 12.1. The van der Waals surface area contributed by atoms with Crippen LogP contribution in [0, 0.1) is 0 Å². The summed E-state index contributed by atoms with van der Waals surface area (Å²) in [6, 6.07) is 0. The molecular weight excluding hydrogens is 1330 g/mol. The lowest BCUT2D eigenvalue weighted by Crippen LogP contribution is -2.30. The van der Waals surface area contributed by atoms with Gasteiger partial charge in [-0.05, 0) is 103 Å². The zero-order valence-electron chi connectivity index (χ0n) is 65.8. The minimum Gasteiger partial charge on any atom is -0.462 e. The van der Waals surface area contributed by atoms with Gasteiger partial charge in [-0.15, -0.1) is 0 Å². The van der Waals surface area contributed by atoms with Crippen LogP contribution in [0.25, 0.3) is 0 Å². The molecule has 0 aliphatic carbocycles. The fourth-order valence-corrected chi connectivity index (χ4v) is 13.7. The van der Waals surface area contributed by atoms with Crippen molar-refractivity contribution >= 4 is 39.5 Å². The topological polar surface area (TPSA) is 237 Å². The second-order valence-electron chi connectivity index (χ2n) is 28.8. The summed E-state index contributed by atoms with van der Waals surface area (Å²) in [6.45, 7) is 4.95. The van der Waals surface area contributed by atoms with Crippen molar-refractivity contribution in [1.29, 1.82) is 0 Å². The number of aliphatic hydroxyl groups excluding tert-OH is 1. The van der Waals surface area contributed by atoms with E-state index in [1.807, 2.05) is 0 Å². The van der Waals surface area contributed by atoms with Crippen LogP contribution >= 0.6 is 15.6 Å². The molecule has 0 bridgehead atoms. The lowest BCUT2D eigenvalue weighted by Gasteiger charge is -2.21. The van der Waals surface area contributed by atoms with E-state index in [0.29, 0.717) is 25.7 Å². The second-order valence-corrected chi connectivity index (χ2v) is 31.7. The average Bonchev–Trinajstić information content (AvgIpc) is 0.922. The fraction of sp³-hybridized carbons (Fsp3) is 0.880. The Morgan fingerprint density at radius 3 is 0.676 bits per heavy atom. The summed E-state index contributed by atoms with van der Waals surface area (Å²) in [6.07, 6.45) is 73.9. The molecule has 600 valence electrons. The van der Waals surface area contributed by atoms with E-state index < -0.39 is 97.5 Å². The minimum atomic E-state index is -4.97. The number of esters is 4. The highest BCUT2D eigenvalue weighted by molar-refractivity contribution is 7.47. The highest BCUT2D eigenvalue weighted by atomic mass is 31.2. The number of ether oxygens (including phenoxy) is 4. The van der Waals surface area contributed by atoms with Gasteiger partial charge >= 0.3 is 39.5 Å². The Kier molecular flexibility index (Phi) is 74.4. The quantitative estimate of drug-likeness (QED) is 0.0169. The number of carbonyl (C=O) groups is 4. The molecule has 0 radical (unpaired) electrons. The van der Waals surface area contributed by atoms with E-state index in [1.165, 1.54) is 193 Å². The average molecular weight is 1490 g/mol. The van der Waals surface area contributed by atoms with E-state index in [9.17, 15) is 43.2 Å². The Balaban J connectivity index is 5.32. The standard InChI is InChI=1S/C83H156O17P2/c1-5-9-13-17-21-25-29-33-37-38-42-46-50-54-58-62-66-70-83(88)100-79(74-94-81(86)68-64-60-56-52-48-44-40-35-31-27-23-19-15-11-7-3)76-98-102(91,92)96-72-77(84)71-95-101(89,90)97-75-78(99-82(87)69-65-61-57-53-49-45-41-36-32-28-24-20-16-12-8-4)73-93-80(85)67-63-59-55-51-47-43-39-34-30-26-22-18-14-10-6-2/h34-36,39-41,77-79,84H,5-33,37-38,42-76H2,1-4H3,(H,89,90)(H,91,92)/b39-34-,40-35-,41-36-/t77-,78-,79-/m1/s1. The van der Waals surface area contributed by atoms with E-state index in [1.54, 1.807) is 0 Å². The van der Waals surface area contributed by atoms with Crippen LogP contribution in [-0.4, -0.2) is 96.7 Å². The van der Waals surface area contributed by atoms with Crippen LogP contribution in [0.1, 0.15) is 413 Å². The highest BCUT2D eigenvalue weighted by Gasteiger charge is 2.30. The van der Waals surface area contributed by atoms with E-state index in [-0.39, 0.29) is 25.7 Å². The maximum Gasteiger partial charge on any atom is 0.472 e. The van der Waals surface area contributed by atoms with Crippen molar-refractivity contribution in [2.75, 3.05) is 39.6 Å². The van der Waals surface area contributed by atoms with Crippen LogP contribution in [0.4, 0.5) is 0 Å². The molecule has 5 atom stereocenters. The van der Waals surface area contributed by atoms with Crippen LogP contribution in [0.5, 0.6) is 0 Å². The number of unbranched alkanes of at least 4 members (excludes halogenated alkanes) is 49. The monoisotopic (exact) mass is 1490 g/mol. The molecule has 2 unspecified atom stereocenters. The molecule has 0 aromatic rings. The number of aliphatic hydroxyl groups is 1. The first-order valence-corrected chi connectivity index (χ1v) is 45.2. The highest BCUT2D eigenvalue weighted by Crippen LogP contribution is 2.45. The number of phosphoric ester groups is 2. The molecule has 0 heterocycles. The van der Waals surface area contributed by atoms with Gasteiger partial charge in [-0.1, -0.05) is 321 Å². The molecule has 0 fully saturated rings.